The van der Waals surface area contributed by atoms with Gasteiger partial charge in [0.25, 0.3) is 11.8 Å². The second-order valence-electron chi connectivity index (χ2n) is 7.63. The Morgan fingerprint density at radius 1 is 0.931 bits per heavy atom. The fourth-order valence-electron chi connectivity index (χ4n) is 2.50. The minimum atomic E-state index is -0.664. The molecule has 2 aromatic rings. The number of hydrogen-bond acceptors (Lipinski definition) is 5. The number of rotatable bonds is 8. The molecule has 154 valence electrons. The number of benzene rings is 2. The van der Waals surface area contributed by atoms with Crippen LogP contribution < -0.4 is 10.1 Å². The van der Waals surface area contributed by atoms with E-state index in [-0.39, 0.29) is 11.8 Å². The summed E-state index contributed by atoms with van der Waals surface area (Å²) in [4.78, 5) is 35.3. The zero-order valence-electron chi connectivity index (χ0n) is 17.1. The molecule has 2 rings (SSSR count). The van der Waals surface area contributed by atoms with Crippen LogP contribution >= 0.6 is 0 Å². The Kier molecular flexibility index (Phi) is 7.95. The fourth-order valence-corrected chi connectivity index (χ4v) is 2.50. The minimum absolute atomic E-state index is 0.0836. The van der Waals surface area contributed by atoms with E-state index in [1.54, 1.807) is 30.3 Å². The van der Waals surface area contributed by atoms with Gasteiger partial charge in [-0.3, -0.25) is 19.7 Å². The number of esters is 1. The summed E-state index contributed by atoms with van der Waals surface area (Å²) in [6.45, 7) is 6.31. The molecule has 0 aromatic heterocycles. The molecule has 0 saturated carbocycles. The highest BCUT2D eigenvalue weighted by molar-refractivity contribution is 6.05. The maximum absolute atomic E-state index is 11.8. The molecular weight excluding hydrogens is 370 g/mol. The molecule has 0 aliphatic carbocycles. The molecule has 0 aliphatic heterocycles. The van der Waals surface area contributed by atoms with Crippen LogP contribution in [0.15, 0.2) is 54.6 Å². The summed E-state index contributed by atoms with van der Waals surface area (Å²) in [6.07, 6.45) is 0.588. The van der Waals surface area contributed by atoms with Gasteiger partial charge in [0.1, 0.15) is 5.75 Å². The van der Waals surface area contributed by atoms with E-state index in [1.807, 2.05) is 24.3 Å². The highest BCUT2D eigenvalue weighted by Crippen LogP contribution is 2.24. The number of ether oxygens (including phenoxy) is 2. The maximum Gasteiger partial charge on any atom is 0.306 e. The molecular formula is C23H27NO5. The molecule has 0 saturated heterocycles. The summed E-state index contributed by atoms with van der Waals surface area (Å²) in [5.41, 5.74) is 1.66. The van der Waals surface area contributed by atoms with Crippen molar-refractivity contribution < 1.29 is 23.9 Å². The zero-order chi connectivity index (χ0) is 21.3. The second kappa shape index (κ2) is 10.4. The first-order valence-electron chi connectivity index (χ1n) is 9.54. The molecule has 0 radical (unpaired) electrons. The van der Waals surface area contributed by atoms with Crippen LogP contribution in [0.1, 0.15) is 49.5 Å². The third kappa shape index (κ3) is 7.78. The third-order valence-electron chi connectivity index (χ3n) is 4.17. The van der Waals surface area contributed by atoms with Crippen LogP contribution in [0.3, 0.4) is 0 Å². The summed E-state index contributed by atoms with van der Waals surface area (Å²) in [6, 6.07) is 16.2. The summed E-state index contributed by atoms with van der Waals surface area (Å²) in [7, 11) is 0. The summed E-state index contributed by atoms with van der Waals surface area (Å²) in [5, 5.41) is 2.18. The van der Waals surface area contributed by atoms with E-state index >= 15 is 0 Å². The molecule has 0 atom stereocenters. The van der Waals surface area contributed by atoms with E-state index in [2.05, 4.69) is 26.1 Å². The molecule has 0 bridgehead atoms. The molecule has 1 N–H and O–H groups in total. The first kappa shape index (κ1) is 22.1. The van der Waals surface area contributed by atoms with Crippen molar-refractivity contribution in [1.29, 1.82) is 0 Å². The van der Waals surface area contributed by atoms with Crippen molar-refractivity contribution in [2.24, 2.45) is 0 Å². The lowest BCUT2D eigenvalue weighted by Crippen LogP contribution is -2.34. The van der Waals surface area contributed by atoms with Gasteiger partial charge in [-0.1, -0.05) is 51.1 Å². The SMILES string of the molecule is CC(C)(C)c1ccc(OCCCC(=O)OCC(=O)NC(=O)c2ccccc2)cc1. The van der Waals surface area contributed by atoms with Gasteiger partial charge in [0.2, 0.25) is 0 Å². The number of hydrogen-bond donors (Lipinski definition) is 1. The predicted molar refractivity (Wildman–Crippen MR) is 110 cm³/mol. The summed E-state index contributed by atoms with van der Waals surface area (Å²) in [5.74, 6) is -0.968. The largest absolute Gasteiger partial charge is 0.494 e. The molecule has 0 aliphatic rings. The Hall–Kier alpha value is -3.15. The van der Waals surface area contributed by atoms with E-state index in [1.165, 1.54) is 5.56 Å². The normalized spacial score (nSPS) is 10.9. The van der Waals surface area contributed by atoms with Gasteiger partial charge in [0.15, 0.2) is 6.61 Å². The lowest BCUT2D eigenvalue weighted by molar-refractivity contribution is -0.148. The zero-order valence-corrected chi connectivity index (χ0v) is 17.1. The lowest BCUT2D eigenvalue weighted by atomic mass is 9.87. The van der Waals surface area contributed by atoms with Crippen LogP contribution in [0.4, 0.5) is 0 Å². The summed E-state index contributed by atoms with van der Waals surface area (Å²) >= 11 is 0. The molecule has 6 nitrogen and oxygen atoms in total. The highest BCUT2D eigenvalue weighted by Gasteiger charge is 2.14. The monoisotopic (exact) mass is 397 g/mol. The Bertz CT molecular complexity index is 823. The maximum atomic E-state index is 11.8. The van der Waals surface area contributed by atoms with Crippen LogP contribution in [0, 0.1) is 0 Å². The first-order valence-corrected chi connectivity index (χ1v) is 9.54. The van der Waals surface area contributed by atoms with Crippen molar-refractivity contribution in [2.75, 3.05) is 13.2 Å². The van der Waals surface area contributed by atoms with Gasteiger partial charge in [0.05, 0.1) is 6.61 Å². The Labute approximate surface area is 171 Å². The number of nitrogens with one attached hydrogen (secondary N) is 1. The van der Waals surface area contributed by atoms with Crippen molar-refractivity contribution in [3.05, 3.63) is 65.7 Å². The standard InChI is InChI=1S/C23H27NO5/c1-23(2,3)18-11-13-19(14-12-18)28-15-7-10-21(26)29-16-20(25)24-22(27)17-8-5-4-6-9-17/h4-6,8-9,11-14H,7,10,15-16H2,1-3H3,(H,24,25,27). The van der Waals surface area contributed by atoms with Gasteiger partial charge >= 0.3 is 5.97 Å². The van der Waals surface area contributed by atoms with Gasteiger partial charge in [-0.25, -0.2) is 0 Å². The van der Waals surface area contributed by atoms with Gasteiger partial charge in [-0.05, 0) is 41.7 Å². The third-order valence-corrected chi connectivity index (χ3v) is 4.17. The minimum Gasteiger partial charge on any atom is -0.494 e. The van der Waals surface area contributed by atoms with Crippen molar-refractivity contribution in [2.45, 2.75) is 39.0 Å². The van der Waals surface area contributed by atoms with Crippen LogP contribution in [0.25, 0.3) is 0 Å². The number of carbonyl (C=O) groups excluding carboxylic acids is 3. The van der Waals surface area contributed by atoms with Crippen LogP contribution in [0.2, 0.25) is 0 Å². The number of carbonyl (C=O) groups is 3. The molecule has 0 fully saturated rings. The average molecular weight is 397 g/mol. The van der Waals surface area contributed by atoms with E-state index in [4.69, 9.17) is 9.47 Å². The van der Waals surface area contributed by atoms with Gasteiger partial charge in [-0.2, -0.15) is 0 Å². The van der Waals surface area contributed by atoms with E-state index in [0.717, 1.165) is 5.75 Å². The smallest absolute Gasteiger partial charge is 0.306 e. The molecule has 2 aromatic carbocycles. The molecule has 0 unspecified atom stereocenters. The Morgan fingerprint density at radius 3 is 2.21 bits per heavy atom. The molecule has 0 spiro atoms. The van der Waals surface area contributed by atoms with Gasteiger partial charge < -0.3 is 9.47 Å². The van der Waals surface area contributed by atoms with Gasteiger partial charge in [-0.15, -0.1) is 0 Å². The van der Waals surface area contributed by atoms with Crippen LogP contribution in [-0.2, 0) is 19.7 Å². The van der Waals surface area contributed by atoms with Crippen LogP contribution in [-0.4, -0.2) is 31.0 Å². The number of imide groups is 1. The Balaban J connectivity index is 1.62. The highest BCUT2D eigenvalue weighted by atomic mass is 16.5. The average Bonchev–Trinajstić information content (AvgIpc) is 2.70. The van der Waals surface area contributed by atoms with Crippen LogP contribution in [0.5, 0.6) is 5.75 Å². The van der Waals surface area contributed by atoms with Crippen molar-refractivity contribution in [1.82, 2.24) is 5.32 Å². The lowest BCUT2D eigenvalue weighted by Gasteiger charge is -2.19. The van der Waals surface area contributed by atoms with Crippen molar-refractivity contribution >= 4 is 17.8 Å². The predicted octanol–water partition coefficient (Wildman–Crippen LogP) is 3.64. The molecule has 2 amide bonds. The van der Waals surface area contributed by atoms with Crippen molar-refractivity contribution in [3.63, 3.8) is 0 Å². The van der Waals surface area contributed by atoms with Crippen molar-refractivity contribution in [3.8, 4) is 5.75 Å². The van der Waals surface area contributed by atoms with E-state index in [0.29, 0.717) is 18.6 Å². The quantitative estimate of drug-likeness (QED) is 0.543. The fraction of sp³-hybridized carbons (Fsp3) is 0.348. The second-order valence-corrected chi connectivity index (χ2v) is 7.63. The van der Waals surface area contributed by atoms with Gasteiger partial charge in [0, 0.05) is 12.0 Å². The first-order chi connectivity index (χ1) is 13.8. The topological polar surface area (TPSA) is 81.7 Å². The summed E-state index contributed by atoms with van der Waals surface area (Å²) < 4.78 is 10.5. The van der Waals surface area contributed by atoms with E-state index < -0.39 is 24.4 Å². The molecule has 29 heavy (non-hydrogen) atoms. The Morgan fingerprint density at radius 2 is 1.59 bits per heavy atom. The van der Waals surface area contributed by atoms with E-state index in [9.17, 15) is 14.4 Å². The molecule has 0 heterocycles. The number of amides is 2. The molecule has 6 heteroatoms.